The number of imide groups is 1. The first-order valence-electron chi connectivity index (χ1n) is 9.85. The van der Waals surface area contributed by atoms with E-state index >= 15 is 0 Å². The lowest BCUT2D eigenvalue weighted by Crippen LogP contribution is -2.49. The Morgan fingerprint density at radius 3 is 2.61 bits per heavy atom. The van der Waals surface area contributed by atoms with Crippen LogP contribution in [0.4, 0.5) is 4.79 Å². The van der Waals surface area contributed by atoms with E-state index < -0.39 is 36.0 Å². The van der Waals surface area contributed by atoms with Gasteiger partial charge in [-0.05, 0) is 20.3 Å². The molecule has 31 heavy (non-hydrogen) atoms. The first-order chi connectivity index (χ1) is 14.7. The summed E-state index contributed by atoms with van der Waals surface area (Å²) in [7, 11) is 0. The lowest BCUT2D eigenvalue weighted by atomic mass is 10.00. The van der Waals surface area contributed by atoms with Crippen molar-refractivity contribution >= 4 is 23.8 Å². The standard InChI is InChI=1S/C21H24N4O6/c1-4-21(3)19(28)25(20(29)23-21)24-16(26)12-30-18(27)10-9-17-22-11-15(31-17)14-7-5-13(2)6-8-14/h5-8,11H,4,9-10,12H2,1-3H3,(H,23,29)(H,24,26). The Balaban J connectivity index is 1.43. The predicted molar refractivity (Wildman–Crippen MR) is 108 cm³/mol. The minimum absolute atomic E-state index is 0.0435. The Morgan fingerprint density at radius 1 is 1.26 bits per heavy atom. The highest BCUT2D eigenvalue weighted by molar-refractivity contribution is 6.07. The third-order valence-corrected chi connectivity index (χ3v) is 5.00. The minimum Gasteiger partial charge on any atom is -0.455 e. The molecule has 2 aromatic rings. The van der Waals surface area contributed by atoms with Crippen LogP contribution >= 0.6 is 0 Å². The fourth-order valence-corrected chi connectivity index (χ4v) is 2.89. The van der Waals surface area contributed by atoms with Gasteiger partial charge in [-0.25, -0.2) is 9.78 Å². The highest BCUT2D eigenvalue weighted by Crippen LogP contribution is 2.21. The summed E-state index contributed by atoms with van der Waals surface area (Å²) in [6, 6.07) is 7.02. The summed E-state index contributed by atoms with van der Waals surface area (Å²) in [4.78, 5) is 52.1. The maximum absolute atomic E-state index is 12.2. The summed E-state index contributed by atoms with van der Waals surface area (Å²) in [5, 5.41) is 3.10. The number of nitrogens with one attached hydrogen (secondary N) is 2. The smallest absolute Gasteiger partial charge is 0.344 e. The quantitative estimate of drug-likeness (QED) is 0.485. The molecular formula is C21H24N4O6. The molecule has 3 rings (SSSR count). The van der Waals surface area contributed by atoms with Crippen LogP contribution in [0, 0.1) is 6.92 Å². The van der Waals surface area contributed by atoms with Crippen LogP contribution in [0.5, 0.6) is 0 Å². The molecule has 0 bridgehead atoms. The van der Waals surface area contributed by atoms with Crippen LogP contribution in [0.25, 0.3) is 11.3 Å². The fourth-order valence-electron chi connectivity index (χ4n) is 2.89. The van der Waals surface area contributed by atoms with E-state index in [0.29, 0.717) is 23.1 Å². The Kier molecular flexibility index (Phi) is 6.38. The lowest BCUT2D eigenvalue weighted by Gasteiger charge is -2.19. The first kappa shape index (κ1) is 22.0. The Labute approximate surface area is 178 Å². The highest BCUT2D eigenvalue weighted by atomic mass is 16.5. The van der Waals surface area contributed by atoms with Crippen LogP contribution in [-0.2, 0) is 25.5 Å². The summed E-state index contributed by atoms with van der Waals surface area (Å²) in [6.45, 7) is 4.66. The number of benzene rings is 1. The van der Waals surface area contributed by atoms with Crippen molar-refractivity contribution in [3.63, 3.8) is 0 Å². The van der Waals surface area contributed by atoms with Gasteiger partial charge in [0.25, 0.3) is 11.8 Å². The summed E-state index contributed by atoms with van der Waals surface area (Å²) in [5.74, 6) is -1.05. The van der Waals surface area contributed by atoms with Gasteiger partial charge in [0.2, 0.25) is 0 Å². The molecule has 2 N–H and O–H groups in total. The van der Waals surface area contributed by atoms with Crippen LogP contribution in [0.3, 0.4) is 0 Å². The van der Waals surface area contributed by atoms with Gasteiger partial charge >= 0.3 is 12.0 Å². The predicted octanol–water partition coefficient (Wildman–Crippen LogP) is 1.88. The molecule has 2 heterocycles. The number of carbonyl (C=O) groups excluding carboxylic acids is 4. The van der Waals surface area contributed by atoms with Gasteiger partial charge in [0.15, 0.2) is 18.3 Å². The fraction of sp³-hybridized carbons (Fsp3) is 0.381. The number of esters is 1. The van der Waals surface area contributed by atoms with Crippen LogP contribution in [-0.4, -0.2) is 46.0 Å². The van der Waals surface area contributed by atoms with E-state index in [2.05, 4.69) is 15.7 Å². The monoisotopic (exact) mass is 428 g/mol. The maximum Gasteiger partial charge on any atom is 0.344 e. The van der Waals surface area contributed by atoms with Crippen molar-refractivity contribution in [2.45, 2.75) is 45.6 Å². The number of nitrogens with zero attached hydrogens (tertiary/aromatic N) is 2. The number of hydrogen-bond acceptors (Lipinski definition) is 7. The molecule has 0 aliphatic carbocycles. The zero-order valence-corrected chi connectivity index (χ0v) is 17.6. The van der Waals surface area contributed by atoms with Crippen molar-refractivity contribution in [3.05, 3.63) is 41.9 Å². The van der Waals surface area contributed by atoms with Gasteiger partial charge in [0.05, 0.1) is 12.6 Å². The minimum atomic E-state index is -1.07. The molecule has 1 fully saturated rings. The molecule has 10 heteroatoms. The van der Waals surface area contributed by atoms with Gasteiger partial charge in [0, 0.05) is 12.0 Å². The first-order valence-corrected chi connectivity index (χ1v) is 9.85. The molecule has 0 spiro atoms. The average Bonchev–Trinajstić information content (AvgIpc) is 3.30. The average molecular weight is 428 g/mol. The number of aryl methyl sites for hydroxylation is 2. The number of carbonyl (C=O) groups is 4. The molecule has 4 amide bonds. The summed E-state index contributed by atoms with van der Waals surface area (Å²) in [5.41, 5.74) is 3.08. The van der Waals surface area contributed by atoms with E-state index in [1.807, 2.05) is 31.2 Å². The second-order valence-corrected chi connectivity index (χ2v) is 7.44. The van der Waals surface area contributed by atoms with E-state index in [-0.39, 0.29) is 12.8 Å². The molecule has 10 nitrogen and oxygen atoms in total. The van der Waals surface area contributed by atoms with Crippen molar-refractivity contribution in [1.82, 2.24) is 20.7 Å². The second kappa shape index (κ2) is 8.99. The zero-order chi connectivity index (χ0) is 22.6. The zero-order valence-electron chi connectivity index (χ0n) is 17.6. The largest absolute Gasteiger partial charge is 0.455 e. The molecule has 164 valence electrons. The molecule has 0 saturated carbocycles. The molecule has 0 radical (unpaired) electrons. The summed E-state index contributed by atoms with van der Waals surface area (Å²) >= 11 is 0. The number of oxazole rings is 1. The molecular weight excluding hydrogens is 404 g/mol. The number of hydrazine groups is 1. The molecule has 1 aliphatic heterocycles. The number of hydrogen-bond donors (Lipinski definition) is 2. The van der Waals surface area contributed by atoms with E-state index in [9.17, 15) is 19.2 Å². The van der Waals surface area contributed by atoms with Gasteiger partial charge in [-0.1, -0.05) is 36.8 Å². The maximum atomic E-state index is 12.2. The van der Waals surface area contributed by atoms with Crippen LogP contribution < -0.4 is 10.7 Å². The topological polar surface area (TPSA) is 131 Å². The van der Waals surface area contributed by atoms with Gasteiger partial charge < -0.3 is 14.5 Å². The third kappa shape index (κ3) is 5.08. The van der Waals surface area contributed by atoms with Crippen molar-refractivity contribution in [2.75, 3.05) is 6.61 Å². The number of aromatic nitrogens is 1. The molecule has 1 atom stereocenters. The normalized spacial score (nSPS) is 18.1. The second-order valence-electron chi connectivity index (χ2n) is 7.44. The van der Waals surface area contributed by atoms with E-state index in [4.69, 9.17) is 9.15 Å². The van der Waals surface area contributed by atoms with Crippen LogP contribution in [0.15, 0.2) is 34.9 Å². The number of amides is 4. The number of ether oxygens (including phenoxy) is 1. The van der Waals surface area contributed by atoms with E-state index in [1.165, 1.54) is 0 Å². The van der Waals surface area contributed by atoms with Crippen molar-refractivity contribution in [2.24, 2.45) is 0 Å². The molecule has 1 unspecified atom stereocenters. The van der Waals surface area contributed by atoms with Gasteiger partial charge in [-0.2, -0.15) is 5.01 Å². The highest BCUT2D eigenvalue weighted by Gasteiger charge is 2.47. The molecule has 1 aliphatic rings. The Morgan fingerprint density at radius 2 is 1.97 bits per heavy atom. The van der Waals surface area contributed by atoms with Crippen molar-refractivity contribution < 1.29 is 28.3 Å². The number of rotatable bonds is 8. The van der Waals surface area contributed by atoms with Crippen molar-refractivity contribution in [1.29, 1.82) is 0 Å². The summed E-state index contributed by atoms with van der Waals surface area (Å²) < 4.78 is 10.5. The van der Waals surface area contributed by atoms with Gasteiger partial charge in [-0.3, -0.25) is 19.8 Å². The van der Waals surface area contributed by atoms with Gasteiger partial charge in [-0.15, -0.1) is 0 Å². The van der Waals surface area contributed by atoms with Crippen LogP contribution in [0.1, 0.15) is 38.1 Å². The molecule has 1 aromatic heterocycles. The molecule has 1 saturated heterocycles. The van der Waals surface area contributed by atoms with E-state index in [0.717, 1.165) is 11.1 Å². The summed E-state index contributed by atoms with van der Waals surface area (Å²) in [6.07, 6.45) is 2.11. The SMILES string of the molecule is CCC1(C)NC(=O)N(NC(=O)COC(=O)CCc2ncc(-c3ccc(C)cc3)o2)C1=O. The van der Waals surface area contributed by atoms with Crippen molar-refractivity contribution in [3.8, 4) is 11.3 Å². The lowest BCUT2D eigenvalue weighted by molar-refractivity contribution is -0.150. The third-order valence-electron chi connectivity index (χ3n) is 5.00. The Hall–Kier alpha value is -3.69. The van der Waals surface area contributed by atoms with Gasteiger partial charge in [0.1, 0.15) is 5.54 Å². The van der Waals surface area contributed by atoms with E-state index in [1.54, 1.807) is 20.0 Å². The number of urea groups is 1. The Bertz CT molecular complexity index is 1000. The van der Waals surface area contributed by atoms with Crippen LogP contribution in [0.2, 0.25) is 0 Å². The molecule has 1 aromatic carbocycles.